The number of rotatable bonds is 6. The Morgan fingerprint density at radius 2 is 1.54 bits per heavy atom. The average Bonchev–Trinajstić information content (AvgIpc) is 2.66. The Balaban J connectivity index is 1.93. The summed E-state index contributed by atoms with van der Waals surface area (Å²) in [6.45, 7) is 0.262. The molecule has 0 saturated carbocycles. The van der Waals surface area contributed by atoms with Crippen LogP contribution in [0.2, 0.25) is 0 Å². The second-order valence-corrected chi connectivity index (χ2v) is 5.62. The lowest BCUT2D eigenvalue weighted by atomic mass is 10.1. The molecule has 0 radical (unpaired) electrons. The van der Waals surface area contributed by atoms with Crippen LogP contribution in [-0.2, 0) is 16.2 Å². The van der Waals surface area contributed by atoms with Crippen molar-refractivity contribution < 1.29 is 23.8 Å². The van der Waals surface area contributed by atoms with Crippen molar-refractivity contribution in [1.82, 2.24) is 9.97 Å². The minimum absolute atomic E-state index is 0.0690. The zero-order chi connectivity index (χ0) is 18.5. The number of methoxy groups -OCH3 is 2. The molecule has 1 fully saturated rings. The molecule has 0 spiro atoms. The van der Waals surface area contributed by atoms with Crippen LogP contribution in [0.15, 0.2) is 30.3 Å². The van der Waals surface area contributed by atoms with Crippen molar-refractivity contribution in [3.05, 3.63) is 35.9 Å². The molecule has 136 valence electrons. The third-order valence-electron chi connectivity index (χ3n) is 3.88. The first-order chi connectivity index (χ1) is 12.6. The van der Waals surface area contributed by atoms with Gasteiger partial charge in [-0.1, -0.05) is 30.3 Å². The van der Waals surface area contributed by atoms with Crippen LogP contribution in [0.25, 0.3) is 0 Å². The number of aromatic nitrogens is 2. The molecule has 3 rings (SSSR count). The molecular weight excluding hydrogens is 338 g/mol. The number of hydrogen-bond acceptors (Lipinski definition) is 7. The molecule has 1 aliphatic rings. The quantitative estimate of drug-likeness (QED) is 0.731. The molecule has 2 amide bonds. The molecule has 0 atom stereocenters. The molecule has 0 unspecified atom stereocenters. The molecule has 0 aliphatic carbocycles. The van der Waals surface area contributed by atoms with Gasteiger partial charge in [0.2, 0.25) is 23.5 Å². The maximum Gasteiger partial charge on any atom is 0.265 e. The smallest absolute Gasteiger partial charge is 0.265 e. The predicted molar refractivity (Wildman–Crippen MR) is 92.3 cm³/mol. The Labute approximate surface area is 150 Å². The predicted octanol–water partition coefficient (Wildman–Crippen LogP) is 2.12. The van der Waals surface area contributed by atoms with Crippen LogP contribution in [0, 0.1) is 0 Å². The fraction of sp³-hybridized carbons (Fsp3) is 0.333. The van der Waals surface area contributed by atoms with E-state index < -0.39 is 0 Å². The van der Waals surface area contributed by atoms with E-state index in [1.807, 2.05) is 30.3 Å². The summed E-state index contributed by atoms with van der Waals surface area (Å²) in [6, 6.07) is 9.55. The van der Waals surface area contributed by atoms with Crippen molar-refractivity contribution in [3.8, 4) is 17.5 Å². The number of hydrogen-bond donors (Lipinski definition) is 0. The molecule has 1 aliphatic heterocycles. The number of carbonyl (C=O) groups is 2. The summed E-state index contributed by atoms with van der Waals surface area (Å²) < 4.78 is 16.3. The molecule has 1 aromatic heterocycles. The van der Waals surface area contributed by atoms with Crippen molar-refractivity contribution in [3.63, 3.8) is 0 Å². The lowest BCUT2D eigenvalue weighted by Gasteiger charge is -2.24. The van der Waals surface area contributed by atoms with Crippen LogP contribution in [0.5, 0.6) is 17.5 Å². The fourth-order valence-electron chi connectivity index (χ4n) is 2.61. The van der Waals surface area contributed by atoms with E-state index in [2.05, 4.69) is 9.97 Å². The standard InChI is InChI=1S/C18H19N3O5/c1-24-16-15(26-11-12-7-4-3-5-8-12)17(25-2)20-18(19-16)21-13(22)9-6-10-14(21)23/h3-5,7-8H,6,9-11H2,1-2H3. The first-order valence-corrected chi connectivity index (χ1v) is 8.16. The first kappa shape index (κ1) is 17.7. The van der Waals surface area contributed by atoms with Crippen LogP contribution < -0.4 is 19.1 Å². The number of anilines is 1. The Morgan fingerprint density at radius 3 is 2.08 bits per heavy atom. The molecule has 1 aromatic carbocycles. The summed E-state index contributed by atoms with van der Waals surface area (Å²) in [7, 11) is 2.83. The van der Waals surface area contributed by atoms with Gasteiger partial charge >= 0.3 is 0 Å². The number of amides is 2. The minimum Gasteiger partial charge on any atom is -0.479 e. The second-order valence-electron chi connectivity index (χ2n) is 5.62. The minimum atomic E-state index is -0.344. The maximum atomic E-state index is 12.1. The summed E-state index contributed by atoms with van der Waals surface area (Å²) in [6.07, 6.45) is 1.07. The van der Waals surface area contributed by atoms with Crippen molar-refractivity contribution in [2.75, 3.05) is 19.1 Å². The van der Waals surface area contributed by atoms with E-state index in [4.69, 9.17) is 14.2 Å². The molecule has 1 saturated heterocycles. The van der Waals surface area contributed by atoms with E-state index >= 15 is 0 Å². The van der Waals surface area contributed by atoms with Crippen LogP contribution in [-0.4, -0.2) is 36.0 Å². The van der Waals surface area contributed by atoms with E-state index in [0.29, 0.717) is 6.42 Å². The zero-order valence-electron chi connectivity index (χ0n) is 14.6. The lowest BCUT2D eigenvalue weighted by Crippen LogP contribution is -2.41. The summed E-state index contributed by atoms with van der Waals surface area (Å²) in [5.41, 5.74) is 0.946. The highest BCUT2D eigenvalue weighted by molar-refractivity contribution is 6.15. The molecule has 8 nitrogen and oxygen atoms in total. The molecule has 26 heavy (non-hydrogen) atoms. The van der Waals surface area contributed by atoms with Gasteiger partial charge in [0.25, 0.3) is 11.8 Å². The van der Waals surface area contributed by atoms with Gasteiger partial charge in [0.15, 0.2) is 0 Å². The average molecular weight is 357 g/mol. The number of piperidine rings is 1. The molecule has 2 aromatic rings. The second kappa shape index (κ2) is 7.81. The van der Waals surface area contributed by atoms with Gasteiger partial charge in [-0.25, -0.2) is 4.90 Å². The SMILES string of the molecule is COc1nc(N2C(=O)CCCC2=O)nc(OC)c1OCc1ccccc1. The Bertz CT molecular complexity index is 769. The van der Waals surface area contributed by atoms with E-state index in [9.17, 15) is 9.59 Å². The van der Waals surface area contributed by atoms with E-state index in [1.165, 1.54) is 14.2 Å². The van der Waals surface area contributed by atoms with Crippen LogP contribution in [0.3, 0.4) is 0 Å². The highest BCUT2D eigenvalue weighted by Gasteiger charge is 2.32. The van der Waals surface area contributed by atoms with Crippen LogP contribution >= 0.6 is 0 Å². The Morgan fingerprint density at radius 1 is 0.962 bits per heavy atom. The van der Waals surface area contributed by atoms with E-state index in [1.54, 1.807) is 0 Å². The lowest BCUT2D eigenvalue weighted by molar-refractivity contribution is -0.129. The van der Waals surface area contributed by atoms with Crippen molar-refractivity contribution >= 4 is 17.8 Å². The monoisotopic (exact) mass is 357 g/mol. The summed E-state index contributed by atoms with van der Waals surface area (Å²) in [5.74, 6) is -0.366. The summed E-state index contributed by atoms with van der Waals surface area (Å²) >= 11 is 0. The van der Waals surface area contributed by atoms with Gasteiger partial charge in [0.1, 0.15) is 6.61 Å². The van der Waals surface area contributed by atoms with Crippen molar-refractivity contribution in [2.45, 2.75) is 25.9 Å². The molecule has 8 heteroatoms. The van der Waals surface area contributed by atoms with Crippen molar-refractivity contribution in [1.29, 1.82) is 0 Å². The van der Waals surface area contributed by atoms with Crippen LogP contribution in [0.4, 0.5) is 5.95 Å². The third-order valence-corrected chi connectivity index (χ3v) is 3.88. The number of carbonyl (C=O) groups excluding carboxylic acids is 2. The van der Waals surface area contributed by atoms with Crippen LogP contribution in [0.1, 0.15) is 24.8 Å². The first-order valence-electron chi connectivity index (χ1n) is 8.16. The topological polar surface area (TPSA) is 90.9 Å². The van der Waals surface area contributed by atoms with Gasteiger partial charge in [-0.3, -0.25) is 9.59 Å². The zero-order valence-corrected chi connectivity index (χ0v) is 14.6. The van der Waals surface area contributed by atoms with Gasteiger partial charge < -0.3 is 14.2 Å². The Hall–Kier alpha value is -3.16. The number of imide groups is 1. The highest BCUT2D eigenvalue weighted by atomic mass is 16.5. The molecule has 0 bridgehead atoms. The van der Waals surface area contributed by atoms with E-state index in [-0.39, 0.29) is 54.7 Å². The Kier molecular flexibility index (Phi) is 5.31. The van der Waals surface area contributed by atoms with Gasteiger partial charge in [-0.05, 0) is 12.0 Å². The van der Waals surface area contributed by atoms with Gasteiger partial charge in [0, 0.05) is 12.8 Å². The number of ether oxygens (including phenoxy) is 3. The van der Waals surface area contributed by atoms with Gasteiger partial charge in [0.05, 0.1) is 14.2 Å². The molecule has 2 heterocycles. The van der Waals surface area contributed by atoms with Gasteiger partial charge in [-0.15, -0.1) is 0 Å². The summed E-state index contributed by atoms with van der Waals surface area (Å²) in [5, 5.41) is 0. The maximum absolute atomic E-state index is 12.1. The van der Waals surface area contributed by atoms with E-state index in [0.717, 1.165) is 10.5 Å². The number of benzene rings is 1. The largest absolute Gasteiger partial charge is 0.479 e. The summed E-state index contributed by atoms with van der Waals surface area (Å²) in [4.78, 5) is 33.6. The van der Waals surface area contributed by atoms with Crippen molar-refractivity contribution in [2.24, 2.45) is 0 Å². The highest BCUT2D eigenvalue weighted by Crippen LogP contribution is 2.37. The normalized spacial score (nSPS) is 14.3. The van der Waals surface area contributed by atoms with Gasteiger partial charge in [-0.2, -0.15) is 9.97 Å². The third kappa shape index (κ3) is 3.58. The molecule has 0 N–H and O–H groups in total. The fourth-order valence-corrected chi connectivity index (χ4v) is 2.61. The number of nitrogens with zero attached hydrogens (tertiary/aromatic N) is 3. The molecular formula is C18H19N3O5.